The van der Waals surface area contributed by atoms with Crippen molar-refractivity contribution >= 4 is 5.91 Å². The number of carbonyl (C=O) groups is 1. The highest BCUT2D eigenvalue weighted by Gasteiger charge is 2.10. The van der Waals surface area contributed by atoms with E-state index in [1.807, 2.05) is 24.3 Å². The van der Waals surface area contributed by atoms with Crippen LogP contribution in [-0.4, -0.2) is 37.0 Å². The summed E-state index contributed by atoms with van der Waals surface area (Å²) in [6.45, 7) is 8.25. The number of ether oxygens (including phenoxy) is 1. The molecule has 4 heteroatoms. The maximum absolute atomic E-state index is 10.8. The highest BCUT2D eigenvalue weighted by molar-refractivity contribution is 5.76. The molecule has 1 atom stereocenters. The predicted molar refractivity (Wildman–Crippen MR) is 81.8 cm³/mol. The second-order valence-electron chi connectivity index (χ2n) is 5.74. The van der Waals surface area contributed by atoms with Gasteiger partial charge in [-0.2, -0.15) is 0 Å². The molecule has 20 heavy (non-hydrogen) atoms. The molecule has 0 aliphatic rings. The van der Waals surface area contributed by atoms with Gasteiger partial charge in [-0.3, -0.25) is 4.79 Å². The van der Waals surface area contributed by atoms with E-state index in [4.69, 9.17) is 10.5 Å². The molecule has 0 radical (unpaired) electrons. The van der Waals surface area contributed by atoms with Gasteiger partial charge in [-0.25, -0.2) is 0 Å². The van der Waals surface area contributed by atoms with E-state index < -0.39 is 0 Å². The second-order valence-corrected chi connectivity index (χ2v) is 5.74. The molecule has 0 bridgehead atoms. The van der Waals surface area contributed by atoms with Crippen molar-refractivity contribution in [3.63, 3.8) is 0 Å². The van der Waals surface area contributed by atoms with E-state index in [-0.39, 0.29) is 12.3 Å². The summed E-state index contributed by atoms with van der Waals surface area (Å²) in [5.41, 5.74) is 6.07. The second kappa shape index (κ2) is 7.90. The molecule has 112 valence electrons. The first kappa shape index (κ1) is 16.5. The Morgan fingerprint density at radius 2 is 1.85 bits per heavy atom. The molecular formula is C16H26N2O2. The molecule has 0 spiro atoms. The number of primary amides is 1. The average molecular weight is 278 g/mol. The summed E-state index contributed by atoms with van der Waals surface area (Å²) in [5, 5.41) is 0. The van der Waals surface area contributed by atoms with Gasteiger partial charge in [0.1, 0.15) is 5.75 Å². The van der Waals surface area contributed by atoms with Crippen LogP contribution in [0.1, 0.15) is 26.3 Å². The minimum absolute atomic E-state index is 0.274. The van der Waals surface area contributed by atoms with Crippen LogP contribution in [0.15, 0.2) is 24.3 Å². The summed E-state index contributed by atoms with van der Waals surface area (Å²) in [6.07, 6.45) is 0.274. The molecule has 4 nitrogen and oxygen atoms in total. The summed E-state index contributed by atoms with van der Waals surface area (Å²) < 4.78 is 5.77. The lowest BCUT2D eigenvalue weighted by atomic mass is 10.1. The summed E-state index contributed by atoms with van der Waals surface area (Å²) in [5.74, 6) is 0.981. The standard InChI is InChI=1S/C16H26N2O2/c1-12(2)18(4)10-13(3)11-20-15-7-5-14(6-8-15)9-16(17)19/h5-8,12-13H,9-11H2,1-4H3,(H2,17,19). The summed E-state index contributed by atoms with van der Waals surface area (Å²) in [4.78, 5) is 13.1. The van der Waals surface area contributed by atoms with Gasteiger partial charge in [0.15, 0.2) is 0 Å². The van der Waals surface area contributed by atoms with Crippen molar-refractivity contribution in [1.82, 2.24) is 4.90 Å². The lowest BCUT2D eigenvalue weighted by Gasteiger charge is -2.24. The van der Waals surface area contributed by atoms with Gasteiger partial charge >= 0.3 is 0 Å². The maximum atomic E-state index is 10.8. The first-order valence-corrected chi connectivity index (χ1v) is 7.08. The highest BCUT2D eigenvalue weighted by atomic mass is 16.5. The molecule has 0 aromatic heterocycles. The Morgan fingerprint density at radius 3 is 2.35 bits per heavy atom. The molecule has 0 fully saturated rings. The van der Waals surface area contributed by atoms with Crippen molar-refractivity contribution < 1.29 is 9.53 Å². The number of hydrogen-bond acceptors (Lipinski definition) is 3. The molecule has 1 rings (SSSR count). The minimum Gasteiger partial charge on any atom is -0.493 e. The van der Waals surface area contributed by atoms with Crippen LogP contribution in [-0.2, 0) is 11.2 Å². The molecule has 0 saturated heterocycles. The third kappa shape index (κ3) is 6.06. The Labute approximate surface area is 121 Å². The first-order chi connectivity index (χ1) is 9.38. The van der Waals surface area contributed by atoms with E-state index in [9.17, 15) is 4.79 Å². The fraction of sp³-hybridized carbons (Fsp3) is 0.562. The summed E-state index contributed by atoms with van der Waals surface area (Å²) >= 11 is 0. The topological polar surface area (TPSA) is 55.6 Å². The largest absolute Gasteiger partial charge is 0.493 e. The van der Waals surface area contributed by atoms with Crippen molar-refractivity contribution in [2.24, 2.45) is 11.7 Å². The third-order valence-electron chi connectivity index (χ3n) is 3.32. The van der Waals surface area contributed by atoms with Crippen molar-refractivity contribution in [1.29, 1.82) is 0 Å². The molecule has 0 aliphatic carbocycles. The number of benzene rings is 1. The number of carbonyl (C=O) groups excluding carboxylic acids is 1. The van der Waals surface area contributed by atoms with E-state index in [0.29, 0.717) is 18.6 Å². The Kier molecular flexibility index (Phi) is 6.52. The van der Waals surface area contributed by atoms with Gasteiger partial charge in [-0.05, 0) is 38.6 Å². The monoisotopic (exact) mass is 278 g/mol. The van der Waals surface area contributed by atoms with Crippen LogP contribution in [0, 0.1) is 5.92 Å². The van der Waals surface area contributed by atoms with E-state index in [0.717, 1.165) is 17.9 Å². The van der Waals surface area contributed by atoms with Crippen molar-refractivity contribution in [3.8, 4) is 5.75 Å². The zero-order valence-corrected chi connectivity index (χ0v) is 12.9. The van der Waals surface area contributed by atoms with Crippen LogP contribution < -0.4 is 10.5 Å². The zero-order valence-electron chi connectivity index (χ0n) is 12.9. The zero-order chi connectivity index (χ0) is 15.1. The number of hydrogen-bond donors (Lipinski definition) is 1. The van der Waals surface area contributed by atoms with Gasteiger partial charge in [-0.1, -0.05) is 19.1 Å². The molecule has 0 aliphatic heterocycles. The summed E-state index contributed by atoms with van der Waals surface area (Å²) in [7, 11) is 2.12. The Bertz CT molecular complexity index is 415. The Hall–Kier alpha value is -1.55. The number of amides is 1. The Balaban J connectivity index is 2.39. The van der Waals surface area contributed by atoms with Gasteiger partial charge in [0, 0.05) is 18.5 Å². The van der Waals surface area contributed by atoms with Crippen LogP contribution in [0.2, 0.25) is 0 Å². The minimum atomic E-state index is -0.316. The first-order valence-electron chi connectivity index (χ1n) is 7.08. The summed E-state index contributed by atoms with van der Waals surface area (Å²) in [6, 6.07) is 8.08. The van der Waals surface area contributed by atoms with Gasteiger partial charge < -0.3 is 15.4 Å². The fourth-order valence-corrected chi connectivity index (χ4v) is 1.90. The van der Waals surface area contributed by atoms with Crippen LogP contribution in [0.5, 0.6) is 5.75 Å². The van der Waals surface area contributed by atoms with Crippen molar-refractivity contribution in [2.45, 2.75) is 33.2 Å². The van der Waals surface area contributed by atoms with Crippen LogP contribution in [0.3, 0.4) is 0 Å². The van der Waals surface area contributed by atoms with Gasteiger partial charge in [0.2, 0.25) is 5.91 Å². The molecule has 1 aromatic rings. The lowest BCUT2D eigenvalue weighted by molar-refractivity contribution is -0.117. The number of rotatable bonds is 8. The molecule has 0 saturated carbocycles. The average Bonchev–Trinajstić information content (AvgIpc) is 2.37. The number of nitrogens with two attached hydrogens (primary N) is 1. The highest BCUT2D eigenvalue weighted by Crippen LogP contribution is 2.14. The van der Waals surface area contributed by atoms with E-state index in [1.54, 1.807) is 0 Å². The smallest absolute Gasteiger partial charge is 0.221 e. The van der Waals surface area contributed by atoms with Crippen LogP contribution in [0.4, 0.5) is 0 Å². The van der Waals surface area contributed by atoms with E-state index >= 15 is 0 Å². The van der Waals surface area contributed by atoms with Crippen LogP contribution >= 0.6 is 0 Å². The predicted octanol–water partition coefficient (Wildman–Crippen LogP) is 2.07. The third-order valence-corrected chi connectivity index (χ3v) is 3.32. The molecule has 2 N–H and O–H groups in total. The van der Waals surface area contributed by atoms with Crippen molar-refractivity contribution in [2.75, 3.05) is 20.2 Å². The Morgan fingerprint density at radius 1 is 1.25 bits per heavy atom. The molecule has 1 aromatic carbocycles. The molecule has 0 heterocycles. The van der Waals surface area contributed by atoms with Crippen molar-refractivity contribution in [3.05, 3.63) is 29.8 Å². The maximum Gasteiger partial charge on any atom is 0.221 e. The van der Waals surface area contributed by atoms with Crippen LogP contribution in [0.25, 0.3) is 0 Å². The van der Waals surface area contributed by atoms with Gasteiger partial charge in [-0.15, -0.1) is 0 Å². The van der Waals surface area contributed by atoms with E-state index in [2.05, 4.69) is 32.7 Å². The molecule has 1 unspecified atom stereocenters. The fourth-order valence-electron chi connectivity index (χ4n) is 1.90. The normalized spacial score (nSPS) is 12.7. The van der Waals surface area contributed by atoms with Gasteiger partial charge in [0.05, 0.1) is 13.0 Å². The SMILES string of the molecule is CC(COc1ccc(CC(N)=O)cc1)CN(C)C(C)C. The molecular weight excluding hydrogens is 252 g/mol. The quantitative estimate of drug-likeness (QED) is 0.792. The molecule has 1 amide bonds. The number of nitrogens with zero attached hydrogens (tertiary/aromatic N) is 1. The van der Waals surface area contributed by atoms with E-state index in [1.165, 1.54) is 0 Å². The lowest BCUT2D eigenvalue weighted by Crippen LogP contribution is -2.32. The van der Waals surface area contributed by atoms with Gasteiger partial charge in [0.25, 0.3) is 0 Å².